The Morgan fingerprint density at radius 2 is 1.90 bits per heavy atom. The van der Waals surface area contributed by atoms with Crippen molar-refractivity contribution in [2.45, 2.75) is 32.4 Å². The molecule has 0 saturated heterocycles. The Labute approximate surface area is 128 Å². The van der Waals surface area contributed by atoms with Crippen LogP contribution >= 0.6 is 15.9 Å². The molecule has 0 radical (unpaired) electrons. The van der Waals surface area contributed by atoms with Gasteiger partial charge in [-0.2, -0.15) is 0 Å². The molecular weight excluding hydrogens is 318 g/mol. The maximum absolute atomic E-state index is 5.79. The van der Waals surface area contributed by atoms with Crippen molar-refractivity contribution in [3.63, 3.8) is 0 Å². The van der Waals surface area contributed by atoms with Gasteiger partial charge in [-0.25, -0.2) is 4.99 Å². The fourth-order valence-corrected chi connectivity index (χ4v) is 2.39. The molecule has 1 heterocycles. The molecular formula is C16H20BrNO2. The quantitative estimate of drug-likeness (QED) is 0.810. The van der Waals surface area contributed by atoms with Gasteiger partial charge < -0.3 is 9.47 Å². The molecule has 2 unspecified atom stereocenters. The lowest BCUT2D eigenvalue weighted by Gasteiger charge is -2.23. The molecule has 2 atom stereocenters. The fraction of sp³-hybridized carbons (Fsp3) is 0.438. The zero-order chi connectivity index (χ0) is 14.9. The number of methoxy groups -OCH3 is 1. The van der Waals surface area contributed by atoms with E-state index in [2.05, 4.69) is 36.4 Å². The highest BCUT2D eigenvalue weighted by Gasteiger charge is 2.41. The number of aliphatic imine (C=N–C) groups is 1. The number of rotatable bonds is 4. The van der Waals surface area contributed by atoms with Crippen LogP contribution in [0.15, 0.2) is 46.1 Å². The van der Waals surface area contributed by atoms with Gasteiger partial charge in [0, 0.05) is 11.6 Å². The lowest BCUT2D eigenvalue weighted by molar-refractivity contribution is 0.139. The summed E-state index contributed by atoms with van der Waals surface area (Å²) in [6.45, 7) is 10.3. The first-order valence-corrected chi connectivity index (χ1v) is 7.43. The molecule has 0 aromatic heterocycles. The van der Waals surface area contributed by atoms with Gasteiger partial charge in [0.05, 0.1) is 0 Å². The van der Waals surface area contributed by atoms with Crippen LogP contribution in [0.1, 0.15) is 32.4 Å². The Bertz CT molecular complexity index is 536. The SMILES string of the molecule is C=C1OC(C(OC)c2ccc(Br)cc2)=NC1(C)C(C)C. The first-order valence-electron chi connectivity index (χ1n) is 6.63. The van der Waals surface area contributed by atoms with E-state index in [1.54, 1.807) is 7.11 Å². The molecule has 0 fully saturated rings. The molecule has 1 aliphatic rings. The van der Waals surface area contributed by atoms with Crippen LogP contribution < -0.4 is 0 Å². The van der Waals surface area contributed by atoms with E-state index in [1.165, 1.54) is 0 Å². The van der Waals surface area contributed by atoms with Gasteiger partial charge in [0.15, 0.2) is 6.10 Å². The predicted octanol–water partition coefficient (Wildman–Crippen LogP) is 4.49. The van der Waals surface area contributed by atoms with Crippen molar-refractivity contribution in [3.8, 4) is 0 Å². The van der Waals surface area contributed by atoms with E-state index in [1.807, 2.05) is 31.2 Å². The van der Waals surface area contributed by atoms with E-state index in [-0.39, 0.29) is 11.6 Å². The molecule has 20 heavy (non-hydrogen) atoms. The predicted molar refractivity (Wildman–Crippen MR) is 84.8 cm³/mol. The average Bonchev–Trinajstić information content (AvgIpc) is 2.70. The van der Waals surface area contributed by atoms with Gasteiger partial charge >= 0.3 is 0 Å². The van der Waals surface area contributed by atoms with Crippen LogP contribution in [0.5, 0.6) is 0 Å². The first-order chi connectivity index (χ1) is 9.38. The molecule has 108 valence electrons. The van der Waals surface area contributed by atoms with Crippen LogP contribution in [0.2, 0.25) is 0 Å². The van der Waals surface area contributed by atoms with E-state index < -0.39 is 0 Å². The summed E-state index contributed by atoms with van der Waals surface area (Å²) >= 11 is 3.43. The summed E-state index contributed by atoms with van der Waals surface area (Å²) in [6.07, 6.45) is -0.305. The second kappa shape index (κ2) is 5.70. The van der Waals surface area contributed by atoms with E-state index in [9.17, 15) is 0 Å². The van der Waals surface area contributed by atoms with E-state index in [0.29, 0.717) is 17.6 Å². The van der Waals surface area contributed by atoms with Crippen molar-refractivity contribution < 1.29 is 9.47 Å². The molecule has 1 aromatic rings. The standard InChI is InChI=1S/C16H20BrNO2/c1-10(2)16(4)11(3)20-15(18-16)14(19-5)12-6-8-13(17)9-7-12/h6-10,14H,3H2,1-2,4-5H3. The van der Waals surface area contributed by atoms with E-state index in [4.69, 9.17) is 14.5 Å². The summed E-state index contributed by atoms with van der Waals surface area (Å²) in [5, 5.41) is 0. The summed E-state index contributed by atoms with van der Waals surface area (Å²) in [5.41, 5.74) is 0.622. The van der Waals surface area contributed by atoms with Crippen LogP contribution in [0.3, 0.4) is 0 Å². The first kappa shape index (κ1) is 15.3. The zero-order valence-electron chi connectivity index (χ0n) is 12.3. The molecule has 0 N–H and O–H groups in total. The minimum Gasteiger partial charge on any atom is -0.442 e. The van der Waals surface area contributed by atoms with Crippen LogP contribution in [0.25, 0.3) is 0 Å². The topological polar surface area (TPSA) is 30.8 Å². The molecule has 4 heteroatoms. The Balaban J connectivity index is 2.34. The summed E-state index contributed by atoms with van der Waals surface area (Å²) in [5.74, 6) is 1.58. The molecule has 0 amide bonds. The number of benzene rings is 1. The number of hydrogen-bond acceptors (Lipinski definition) is 3. The van der Waals surface area contributed by atoms with Gasteiger partial charge in [-0.05, 0) is 30.5 Å². The van der Waals surface area contributed by atoms with Gasteiger partial charge in [-0.15, -0.1) is 0 Å². The minimum absolute atomic E-state index is 0.305. The monoisotopic (exact) mass is 337 g/mol. The Hall–Kier alpha value is -1.13. The summed E-state index contributed by atoms with van der Waals surface area (Å²) in [6, 6.07) is 7.95. The third kappa shape index (κ3) is 2.67. The zero-order valence-corrected chi connectivity index (χ0v) is 13.9. The maximum atomic E-state index is 5.79. The van der Waals surface area contributed by atoms with E-state index in [0.717, 1.165) is 10.0 Å². The summed E-state index contributed by atoms with van der Waals surface area (Å²) < 4.78 is 12.4. The lowest BCUT2D eigenvalue weighted by Crippen LogP contribution is -2.28. The number of halogens is 1. The lowest BCUT2D eigenvalue weighted by atomic mass is 9.88. The summed E-state index contributed by atoms with van der Waals surface area (Å²) in [7, 11) is 1.66. The molecule has 3 nitrogen and oxygen atoms in total. The second-order valence-electron chi connectivity index (χ2n) is 5.44. The van der Waals surface area contributed by atoms with Crippen molar-refractivity contribution >= 4 is 21.8 Å². The largest absolute Gasteiger partial charge is 0.442 e. The van der Waals surface area contributed by atoms with Crippen molar-refractivity contribution in [3.05, 3.63) is 46.6 Å². The van der Waals surface area contributed by atoms with Gasteiger partial charge in [0.25, 0.3) is 0 Å². The van der Waals surface area contributed by atoms with Crippen molar-refractivity contribution in [1.82, 2.24) is 0 Å². The molecule has 2 rings (SSSR count). The van der Waals surface area contributed by atoms with Crippen molar-refractivity contribution in [2.24, 2.45) is 10.9 Å². The number of nitrogens with zero attached hydrogens (tertiary/aromatic N) is 1. The highest BCUT2D eigenvalue weighted by molar-refractivity contribution is 9.10. The third-order valence-corrected chi connectivity index (χ3v) is 4.42. The fourth-order valence-electron chi connectivity index (χ4n) is 2.12. The van der Waals surface area contributed by atoms with Crippen LogP contribution in [0, 0.1) is 5.92 Å². The van der Waals surface area contributed by atoms with Gasteiger partial charge in [-0.1, -0.05) is 48.5 Å². The summed E-state index contributed by atoms with van der Waals surface area (Å²) in [4.78, 5) is 4.73. The minimum atomic E-state index is -0.387. The molecule has 0 bridgehead atoms. The molecule has 0 aliphatic carbocycles. The van der Waals surface area contributed by atoms with Gasteiger partial charge in [0.2, 0.25) is 5.90 Å². The Morgan fingerprint density at radius 3 is 2.35 bits per heavy atom. The molecule has 1 aromatic carbocycles. The van der Waals surface area contributed by atoms with Crippen LogP contribution in [-0.4, -0.2) is 18.5 Å². The highest BCUT2D eigenvalue weighted by atomic mass is 79.9. The Kier molecular flexibility index (Phi) is 4.35. The molecule has 0 spiro atoms. The van der Waals surface area contributed by atoms with Crippen LogP contribution in [0.4, 0.5) is 0 Å². The molecule has 1 aliphatic heterocycles. The average molecular weight is 338 g/mol. The smallest absolute Gasteiger partial charge is 0.224 e. The maximum Gasteiger partial charge on any atom is 0.224 e. The number of ether oxygens (including phenoxy) is 2. The Morgan fingerprint density at radius 1 is 1.30 bits per heavy atom. The van der Waals surface area contributed by atoms with Crippen molar-refractivity contribution in [1.29, 1.82) is 0 Å². The van der Waals surface area contributed by atoms with Crippen molar-refractivity contribution in [2.75, 3.05) is 7.11 Å². The van der Waals surface area contributed by atoms with E-state index >= 15 is 0 Å². The third-order valence-electron chi connectivity index (χ3n) is 3.89. The normalized spacial score (nSPS) is 23.7. The van der Waals surface area contributed by atoms with Gasteiger partial charge in [-0.3, -0.25) is 0 Å². The molecule has 0 saturated carbocycles. The second-order valence-corrected chi connectivity index (χ2v) is 6.36. The highest BCUT2D eigenvalue weighted by Crippen LogP contribution is 2.38. The van der Waals surface area contributed by atoms with Crippen LogP contribution in [-0.2, 0) is 9.47 Å². The van der Waals surface area contributed by atoms with Gasteiger partial charge in [0.1, 0.15) is 11.3 Å². The number of hydrogen-bond donors (Lipinski definition) is 0.